The first kappa shape index (κ1) is 21.2. The second-order valence-electron chi connectivity index (χ2n) is 7.59. The number of hydrogen-bond donors (Lipinski definition) is 0. The summed E-state index contributed by atoms with van der Waals surface area (Å²) < 4.78 is 13.0. The fraction of sp³-hybridized carbons (Fsp3) is 1.00. The lowest BCUT2D eigenvalue weighted by Gasteiger charge is -2.36. The van der Waals surface area contributed by atoms with E-state index in [1.54, 1.807) is 0 Å². The third kappa shape index (κ3) is 8.69. The Morgan fingerprint density at radius 2 is 1.35 bits per heavy atom. The van der Waals surface area contributed by atoms with Crippen molar-refractivity contribution in [2.75, 3.05) is 6.61 Å². The lowest BCUT2D eigenvalue weighted by atomic mass is 9.89. The predicted octanol–water partition coefficient (Wildman–Crippen LogP) is 6.83. The maximum atomic E-state index is 6.60. The Labute approximate surface area is 147 Å². The first-order chi connectivity index (χ1) is 11.2. The molecule has 3 heteroatoms. The molecule has 0 aromatic rings. The van der Waals surface area contributed by atoms with Crippen LogP contribution in [0.2, 0.25) is 12.1 Å². The SMILES string of the molecule is CCCCCCCCCO[Si](CC)(CC)OC1CCC(C)CC1. The molecule has 0 heterocycles. The highest BCUT2D eigenvalue weighted by Gasteiger charge is 2.37. The fourth-order valence-electron chi connectivity index (χ4n) is 3.62. The molecule has 0 aliphatic heterocycles. The molecule has 0 spiro atoms. The summed E-state index contributed by atoms with van der Waals surface area (Å²) in [6.45, 7) is 10.1. The molecule has 1 rings (SSSR count). The van der Waals surface area contributed by atoms with Gasteiger partial charge < -0.3 is 8.85 Å². The molecule has 0 radical (unpaired) electrons. The Balaban J connectivity index is 2.22. The molecule has 0 aromatic carbocycles. The zero-order chi connectivity index (χ0) is 17.0. The van der Waals surface area contributed by atoms with Gasteiger partial charge in [0.05, 0.1) is 0 Å². The normalized spacial score (nSPS) is 22.4. The molecule has 0 bridgehead atoms. The summed E-state index contributed by atoms with van der Waals surface area (Å²) in [5.41, 5.74) is 0. The van der Waals surface area contributed by atoms with Crippen molar-refractivity contribution < 1.29 is 8.85 Å². The van der Waals surface area contributed by atoms with Crippen molar-refractivity contribution in [3.63, 3.8) is 0 Å². The van der Waals surface area contributed by atoms with Gasteiger partial charge in [0.2, 0.25) is 0 Å². The highest BCUT2D eigenvalue weighted by atomic mass is 28.4. The first-order valence-corrected chi connectivity index (χ1v) is 12.7. The van der Waals surface area contributed by atoms with Crippen molar-refractivity contribution in [1.82, 2.24) is 0 Å². The monoisotopic (exact) mass is 342 g/mol. The number of rotatable bonds is 13. The summed E-state index contributed by atoms with van der Waals surface area (Å²) in [7, 11) is -1.93. The minimum absolute atomic E-state index is 0.479. The first-order valence-electron chi connectivity index (χ1n) is 10.5. The van der Waals surface area contributed by atoms with Crippen LogP contribution in [0, 0.1) is 5.92 Å². The number of hydrogen-bond acceptors (Lipinski definition) is 2. The van der Waals surface area contributed by atoms with Gasteiger partial charge in [-0.1, -0.05) is 66.2 Å². The van der Waals surface area contributed by atoms with Crippen molar-refractivity contribution in [1.29, 1.82) is 0 Å². The van der Waals surface area contributed by atoms with Gasteiger partial charge in [-0.25, -0.2) is 0 Å². The Kier molecular flexibility index (Phi) is 11.5. The molecule has 1 aliphatic carbocycles. The maximum absolute atomic E-state index is 6.60. The van der Waals surface area contributed by atoms with Crippen molar-refractivity contribution in [2.45, 2.75) is 117 Å². The molecular weight excluding hydrogens is 300 g/mol. The van der Waals surface area contributed by atoms with Crippen molar-refractivity contribution in [2.24, 2.45) is 5.92 Å². The highest BCUT2D eigenvalue weighted by Crippen LogP contribution is 2.30. The summed E-state index contributed by atoms with van der Waals surface area (Å²) in [5.74, 6) is 0.891. The fourth-order valence-corrected chi connectivity index (χ4v) is 6.29. The zero-order valence-corrected chi connectivity index (χ0v) is 17.4. The summed E-state index contributed by atoms with van der Waals surface area (Å²) in [4.78, 5) is 0. The molecule has 0 N–H and O–H groups in total. The summed E-state index contributed by atoms with van der Waals surface area (Å²) in [5, 5.41) is 0. The van der Waals surface area contributed by atoms with Crippen molar-refractivity contribution >= 4 is 8.56 Å². The van der Waals surface area contributed by atoms with E-state index < -0.39 is 8.56 Å². The molecule has 0 aromatic heterocycles. The van der Waals surface area contributed by atoms with E-state index in [4.69, 9.17) is 8.85 Å². The van der Waals surface area contributed by atoms with E-state index in [9.17, 15) is 0 Å². The van der Waals surface area contributed by atoms with Crippen LogP contribution < -0.4 is 0 Å². The van der Waals surface area contributed by atoms with Gasteiger partial charge in [0, 0.05) is 12.7 Å². The Bertz CT molecular complexity index is 271. The predicted molar refractivity (Wildman–Crippen MR) is 103 cm³/mol. The van der Waals surface area contributed by atoms with Gasteiger partial charge in [-0.3, -0.25) is 0 Å². The van der Waals surface area contributed by atoms with Gasteiger partial charge in [0.1, 0.15) is 0 Å². The van der Waals surface area contributed by atoms with Crippen LogP contribution >= 0.6 is 0 Å². The van der Waals surface area contributed by atoms with Gasteiger partial charge in [-0.05, 0) is 50.1 Å². The summed E-state index contributed by atoms with van der Waals surface area (Å²) >= 11 is 0. The van der Waals surface area contributed by atoms with E-state index in [0.717, 1.165) is 24.6 Å². The lowest BCUT2D eigenvalue weighted by Crippen LogP contribution is -2.45. The van der Waals surface area contributed by atoms with Crippen LogP contribution in [0.4, 0.5) is 0 Å². The van der Waals surface area contributed by atoms with Crippen LogP contribution in [0.3, 0.4) is 0 Å². The Morgan fingerprint density at radius 1 is 0.783 bits per heavy atom. The van der Waals surface area contributed by atoms with Crippen molar-refractivity contribution in [3.8, 4) is 0 Å². The molecule has 23 heavy (non-hydrogen) atoms. The van der Waals surface area contributed by atoms with E-state index in [0.29, 0.717) is 6.10 Å². The van der Waals surface area contributed by atoms with Crippen LogP contribution in [0.25, 0.3) is 0 Å². The molecular formula is C20H42O2Si. The third-order valence-electron chi connectivity index (χ3n) is 5.53. The van der Waals surface area contributed by atoms with Gasteiger partial charge in [-0.2, -0.15) is 0 Å². The molecule has 1 fully saturated rings. The maximum Gasteiger partial charge on any atom is 0.337 e. The second-order valence-corrected chi connectivity index (χ2v) is 11.3. The number of unbranched alkanes of at least 4 members (excludes halogenated alkanes) is 6. The minimum Gasteiger partial charge on any atom is -0.394 e. The quantitative estimate of drug-likeness (QED) is 0.270. The van der Waals surface area contributed by atoms with Gasteiger partial charge in [-0.15, -0.1) is 0 Å². The topological polar surface area (TPSA) is 18.5 Å². The smallest absolute Gasteiger partial charge is 0.337 e. The Hall–Kier alpha value is 0.137. The molecule has 138 valence electrons. The largest absolute Gasteiger partial charge is 0.394 e. The lowest BCUT2D eigenvalue weighted by molar-refractivity contribution is 0.0756. The van der Waals surface area contributed by atoms with E-state index >= 15 is 0 Å². The van der Waals surface area contributed by atoms with Gasteiger partial charge in [0.15, 0.2) is 0 Å². The van der Waals surface area contributed by atoms with Crippen LogP contribution in [-0.2, 0) is 8.85 Å². The van der Waals surface area contributed by atoms with Crippen LogP contribution in [-0.4, -0.2) is 21.3 Å². The molecule has 0 atom stereocenters. The summed E-state index contributed by atoms with van der Waals surface area (Å²) in [6, 6.07) is 2.21. The molecule has 0 amide bonds. The molecule has 2 nitrogen and oxygen atoms in total. The highest BCUT2D eigenvalue weighted by molar-refractivity contribution is 6.67. The van der Waals surface area contributed by atoms with Crippen LogP contribution in [0.15, 0.2) is 0 Å². The molecule has 1 saturated carbocycles. The average molecular weight is 343 g/mol. The zero-order valence-electron chi connectivity index (χ0n) is 16.4. The van der Waals surface area contributed by atoms with E-state index in [-0.39, 0.29) is 0 Å². The standard InChI is InChI=1S/C20H42O2Si/c1-5-8-9-10-11-12-13-18-21-23(6-2,7-3)22-20-16-14-19(4)15-17-20/h19-20H,5-18H2,1-4H3. The van der Waals surface area contributed by atoms with E-state index in [1.807, 2.05) is 0 Å². The van der Waals surface area contributed by atoms with Crippen molar-refractivity contribution in [3.05, 3.63) is 0 Å². The minimum atomic E-state index is -1.93. The van der Waals surface area contributed by atoms with Gasteiger partial charge in [0.25, 0.3) is 0 Å². The van der Waals surface area contributed by atoms with Crippen LogP contribution in [0.5, 0.6) is 0 Å². The van der Waals surface area contributed by atoms with E-state index in [2.05, 4.69) is 27.7 Å². The average Bonchev–Trinajstić information content (AvgIpc) is 2.58. The summed E-state index contributed by atoms with van der Waals surface area (Å²) in [6.07, 6.45) is 15.1. The Morgan fingerprint density at radius 3 is 1.91 bits per heavy atom. The second kappa shape index (κ2) is 12.5. The molecule has 0 saturated heterocycles. The molecule has 1 aliphatic rings. The van der Waals surface area contributed by atoms with Crippen LogP contribution in [0.1, 0.15) is 98.3 Å². The third-order valence-corrected chi connectivity index (χ3v) is 9.18. The molecule has 0 unspecified atom stereocenters. The van der Waals surface area contributed by atoms with Gasteiger partial charge >= 0.3 is 8.56 Å². The van der Waals surface area contributed by atoms with E-state index in [1.165, 1.54) is 70.6 Å².